The zero-order valence-corrected chi connectivity index (χ0v) is 31.3. The lowest BCUT2D eigenvalue weighted by Gasteiger charge is -2.37. The number of carbonyl (C=O) groups excluding carboxylic acids is 2. The fraction of sp³-hybridized carbons (Fsp3) is 0.542. The lowest BCUT2D eigenvalue weighted by Crippen LogP contribution is -2.29. The summed E-state index contributed by atoms with van der Waals surface area (Å²) < 4.78 is 12.5. The fourth-order valence-corrected chi connectivity index (χ4v) is 11.4. The first-order valence-electron chi connectivity index (χ1n) is 21.0. The lowest BCUT2D eigenvalue weighted by atomic mass is 9.71. The van der Waals surface area contributed by atoms with Crippen LogP contribution in [-0.4, -0.2) is 24.1 Å². The molecule has 0 aliphatic heterocycles. The van der Waals surface area contributed by atoms with E-state index in [0.717, 1.165) is 104 Å². The normalized spacial score (nSPS) is 30.2. The minimum absolute atomic E-state index is 0.000535. The number of esters is 2. The molecular formula is C48H56O4. The third kappa shape index (κ3) is 6.36. The molecule has 0 N–H and O–H groups in total. The van der Waals surface area contributed by atoms with Crippen LogP contribution in [0.4, 0.5) is 0 Å². The van der Waals surface area contributed by atoms with Gasteiger partial charge in [-0.1, -0.05) is 88.1 Å². The first-order chi connectivity index (χ1) is 25.4. The predicted molar refractivity (Wildman–Crippen MR) is 212 cm³/mol. The van der Waals surface area contributed by atoms with Crippen molar-refractivity contribution in [3.8, 4) is 0 Å². The molecule has 0 spiro atoms. The van der Waals surface area contributed by atoms with Crippen LogP contribution in [0.25, 0.3) is 43.1 Å². The molecule has 0 amide bonds. The van der Waals surface area contributed by atoms with E-state index in [9.17, 15) is 9.59 Å². The van der Waals surface area contributed by atoms with E-state index in [4.69, 9.17) is 9.47 Å². The lowest BCUT2D eigenvalue weighted by molar-refractivity contribution is 0.0105. The molecule has 5 aromatic carbocycles. The molecule has 0 unspecified atom stereocenters. The summed E-state index contributed by atoms with van der Waals surface area (Å²) in [4.78, 5) is 27.7. The molecule has 4 saturated carbocycles. The second-order valence-corrected chi connectivity index (χ2v) is 17.7. The highest BCUT2D eigenvalue weighted by Crippen LogP contribution is 2.45. The summed E-state index contributed by atoms with van der Waals surface area (Å²) in [6.45, 7) is 4.79. The monoisotopic (exact) mass is 696 g/mol. The third-order valence-corrected chi connectivity index (χ3v) is 14.5. The van der Waals surface area contributed by atoms with Gasteiger partial charge < -0.3 is 9.47 Å². The quantitative estimate of drug-likeness (QED) is 0.101. The molecule has 9 rings (SSSR count). The van der Waals surface area contributed by atoms with Gasteiger partial charge in [0.15, 0.2) is 0 Å². The average Bonchev–Trinajstić information content (AvgIpc) is 3.18. The number of hydrogen-bond acceptors (Lipinski definition) is 4. The molecule has 5 aromatic rings. The molecule has 0 bridgehead atoms. The van der Waals surface area contributed by atoms with E-state index in [1.807, 2.05) is 12.1 Å². The summed E-state index contributed by atoms with van der Waals surface area (Å²) in [6, 6.07) is 20.7. The van der Waals surface area contributed by atoms with E-state index in [0.29, 0.717) is 11.1 Å². The second kappa shape index (κ2) is 14.3. The molecule has 0 atom stereocenters. The van der Waals surface area contributed by atoms with Gasteiger partial charge in [-0.3, -0.25) is 0 Å². The Bertz CT molecular complexity index is 1890. The highest BCUT2D eigenvalue weighted by Gasteiger charge is 2.33. The number of rotatable bonds is 6. The van der Waals surface area contributed by atoms with Crippen molar-refractivity contribution >= 4 is 55.0 Å². The van der Waals surface area contributed by atoms with E-state index in [2.05, 4.69) is 62.4 Å². The standard InChI is InChI=1S/C48H56O4/c1-29-9-13-31(14-10-29)33-17-21-35(22-18-33)51-47(49)43-27-25-41-38-6-4-8-40-44(28-26-42(46(38)40)37-5-3-7-39(43)45(37)41)48(50)52-36-23-19-34(20-24-36)32-15-11-30(2)12-16-32/h3-8,25-36H,9-24H2,1-2H3/t29-,30-,31-,32-,33-,34-,35-,36-. The summed E-state index contributed by atoms with van der Waals surface area (Å²) in [7, 11) is 0. The van der Waals surface area contributed by atoms with E-state index < -0.39 is 0 Å². The Morgan fingerprint density at radius 3 is 1.08 bits per heavy atom. The largest absolute Gasteiger partial charge is 0.459 e. The number of ether oxygens (including phenoxy) is 2. The van der Waals surface area contributed by atoms with Crippen molar-refractivity contribution < 1.29 is 19.1 Å². The summed E-state index contributed by atoms with van der Waals surface area (Å²) in [5.74, 6) is 4.67. The van der Waals surface area contributed by atoms with Crippen LogP contribution in [-0.2, 0) is 9.47 Å². The van der Waals surface area contributed by atoms with Crippen LogP contribution in [0.15, 0.2) is 60.7 Å². The van der Waals surface area contributed by atoms with E-state index in [-0.39, 0.29) is 24.1 Å². The molecule has 0 aromatic heterocycles. The SMILES string of the molecule is C[C@H]1CC[C@H]([C@H]2CC[C@H](OC(=O)c3ccc4c5cccc6c(C(=O)O[C@H]7CC[C@H]([C@H]8CC[C@H](C)CC8)CC7)ccc(c7cccc3c74)c65)CC2)CC1. The molecule has 4 aliphatic carbocycles. The van der Waals surface area contributed by atoms with Crippen molar-refractivity contribution in [3.63, 3.8) is 0 Å². The molecule has 272 valence electrons. The van der Waals surface area contributed by atoms with E-state index >= 15 is 0 Å². The molecule has 0 radical (unpaired) electrons. The van der Waals surface area contributed by atoms with Gasteiger partial charge in [0, 0.05) is 0 Å². The second-order valence-electron chi connectivity index (χ2n) is 17.7. The number of fused-ring (bicyclic) bond motifs is 2. The third-order valence-electron chi connectivity index (χ3n) is 14.5. The zero-order chi connectivity index (χ0) is 35.3. The summed E-state index contributed by atoms with van der Waals surface area (Å²) >= 11 is 0. The first kappa shape index (κ1) is 34.1. The van der Waals surface area contributed by atoms with Gasteiger partial charge in [-0.15, -0.1) is 0 Å². The van der Waals surface area contributed by atoms with Gasteiger partial charge in [-0.2, -0.15) is 0 Å². The Morgan fingerprint density at radius 1 is 0.404 bits per heavy atom. The maximum absolute atomic E-state index is 13.8. The van der Waals surface area contributed by atoms with Crippen LogP contribution in [0.3, 0.4) is 0 Å². The number of carbonyl (C=O) groups is 2. The van der Waals surface area contributed by atoms with Crippen LogP contribution in [0.5, 0.6) is 0 Å². The molecule has 4 heteroatoms. The van der Waals surface area contributed by atoms with Crippen molar-refractivity contribution in [2.24, 2.45) is 35.5 Å². The fourth-order valence-electron chi connectivity index (χ4n) is 11.4. The summed E-state index contributed by atoms with van der Waals surface area (Å²) in [5.41, 5.74) is 1.29. The van der Waals surface area contributed by atoms with Crippen LogP contribution in [0.1, 0.15) is 137 Å². The molecule has 4 nitrogen and oxygen atoms in total. The van der Waals surface area contributed by atoms with Gasteiger partial charge in [0.1, 0.15) is 12.2 Å². The van der Waals surface area contributed by atoms with Crippen molar-refractivity contribution in [2.45, 2.75) is 129 Å². The van der Waals surface area contributed by atoms with Gasteiger partial charge in [-0.05, 0) is 168 Å². The Balaban J connectivity index is 0.940. The Labute approximate surface area is 309 Å². The van der Waals surface area contributed by atoms with Crippen molar-refractivity contribution in [1.29, 1.82) is 0 Å². The first-order valence-corrected chi connectivity index (χ1v) is 21.0. The molecule has 0 heterocycles. The minimum atomic E-state index is -0.205. The summed E-state index contributed by atoms with van der Waals surface area (Å²) in [5, 5.41) is 8.46. The van der Waals surface area contributed by atoms with Gasteiger partial charge in [-0.25, -0.2) is 9.59 Å². The van der Waals surface area contributed by atoms with Crippen LogP contribution >= 0.6 is 0 Å². The van der Waals surface area contributed by atoms with Crippen LogP contribution in [0.2, 0.25) is 0 Å². The smallest absolute Gasteiger partial charge is 0.339 e. The summed E-state index contributed by atoms with van der Waals surface area (Å²) in [6.07, 6.45) is 19.6. The van der Waals surface area contributed by atoms with Crippen molar-refractivity contribution in [3.05, 3.63) is 71.8 Å². The highest BCUT2D eigenvalue weighted by molar-refractivity contribution is 6.35. The molecule has 0 saturated heterocycles. The topological polar surface area (TPSA) is 52.6 Å². The van der Waals surface area contributed by atoms with Crippen molar-refractivity contribution in [2.75, 3.05) is 0 Å². The average molecular weight is 697 g/mol. The number of benzene rings is 5. The Morgan fingerprint density at radius 2 is 0.712 bits per heavy atom. The maximum Gasteiger partial charge on any atom is 0.339 e. The zero-order valence-electron chi connectivity index (χ0n) is 31.3. The Kier molecular flexibility index (Phi) is 9.38. The van der Waals surface area contributed by atoms with Crippen LogP contribution in [0, 0.1) is 35.5 Å². The maximum atomic E-state index is 13.8. The van der Waals surface area contributed by atoms with Gasteiger partial charge >= 0.3 is 11.9 Å². The predicted octanol–water partition coefficient (Wildman–Crippen LogP) is 12.8. The molecule has 4 aliphatic rings. The van der Waals surface area contributed by atoms with Gasteiger partial charge in [0.05, 0.1) is 11.1 Å². The van der Waals surface area contributed by atoms with E-state index in [1.54, 1.807) is 0 Å². The minimum Gasteiger partial charge on any atom is -0.459 e. The molecular weight excluding hydrogens is 641 g/mol. The number of hydrogen-bond donors (Lipinski definition) is 0. The van der Waals surface area contributed by atoms with Gasteiger partial charge in [0.2, 0.25) is 0 Å². The Hall–Kier alpha value is -3.66. The molecule has 52 heavy (non-hydrogen) atoms. The molecule has 4 fully saturated rings. The van der Waals surface area contributed by atoms with Gasteiger partial charge in [0.25, 0.3) is 0 Å². The van der Waals surface area contributed by atoms with Crippen molar-refractivity contribution in [1.82, 2.24) is 0 Å². The van der Waals surface area contributed by atoms with Crippen LogP contribution < -0.4 is 0 Å². The highest BCUT2D eigenvalue weighted by atomic mass is 16.5. The van der Waals surface area contributed by atoms with E-state index in [1.165, 1.54) is 77.0 Å².